The first-order valence-corrected chi connectivity index (χ1v) is 7.06. The van der Waals surface area contributed by atoms with Gasteiger partial charge in [0.25, 0.3) is 0 Å². The minimum Gasteiger partial charge on any atom is -0.311 e. The van der Waals surface area contributed by atoms with E-state index in [0.29, 0.717) is 5.88 Å². The Morgan fingerprint density at radius 2 is 2.19 bits per heavy atom. The summed E-state index contributed by atoms with van der Waals surface area (Å²) in [7, 11) is 0. The molecule has 2 rings (SSSR count). The van der Waals surface area contributed by atoms with Gasteiger partial charge in [-0.1, -0.05) is 0 Å². The number of nitrogens with zero attached hydrogens (tertiary/aromatic N) is 3. The van der Waals surface area contributed by atoms with E-state index < -0.39 is 0 Å². The lowest BCUT2D eigenvalue weighted by atomic mass is 10.3. The molecular weight excluding hydrogens is 242 g/mol. The van der Waals surface area contributed by atoms with Crippen LogP contribution in [0, 0.1) is 6.92 Å². The van der Waals surface area contributed by atoms with Gasteiger partial charge in [0.1, 0.15) is 11.3 Å². The van der Waals surface area contributed by atoms with Crippen molar-refractivity contribution in [3.63, 3.8) is 0 Å². The Morgan fingerprint density at radius 3 is 2.88 bits per heavy atom. The molecule has 0 fully saturated rings. The number of hydrogen-bond donors (Lipinski definition) is 0. The summed E-state index contributed by atoms with van der Waals surface area (Å²) in [6.45, 7) is 2.90. The summed E-state index contributed by atoms with van der Waals surface area (Å²) in [6.07, 6.45) is 2.10. The van der Waals surface area contributed by atoms with Crippen LogP contribution in [0.3, 0.4) is 0 Å². The van der Waals surface area contributed by atoms with Crippen LogP contribution in [0.1, 0.15) is 11.5 Å². The number of thioether (sulfide) groups is 1. The van der Waals surface area contributed by atoms with Gasteiger partial charge >= 0.3 is 0 Å². The molecule has 2 heterocycles. The lowest BCUT2D eigenvalue weighted by Crippen LogP contribution is -2.05. The van der Waals surface area contributed by atoms with E-state index in [1.54, 1.807) is 0 Å². The molecule has 2 aromatic heterocycles. The van der Waals surface area contributed by atoms with Crippen molar-refractivity contribution in [3.8, 4) is 0 Å². The van der Waals surface area contributed by atoms with Gasteiger partial charge in [-0.2, -0.15) is 11.8 Å². The van der Waals surface area contributed by atoms with Gasteiger partial charge in [-0.3, -0.25) is 0 Å². The van der Waals surface area contributed by atoms with E-state index >= 15 is 0 Å². The molecule has 0 unspecified atom stereocenters. The number of imidazole rings is 1. The first-order chi connectivity index (χ1) is 7.76. The highest BCUT2D eigenvalue weighted by Gasteiger charge is 2.10. The second kappa shape index (κ2) is 5.06. The van der Waals surface area contributed by atoms with Crippen molar-refractivity contribution in [1.29, 1.82) is 0 Å². The van der Waals surface area contributed by atoms with E-state index in [9.17, 15) is 0 Å². The number of halogens is 1. The van der Waals surface area contributed by atoms with Crippen molar-refractivity contribution in [2.75, 3.05) is 12.0 Å². The molecule has 86 valence electrons. The molecule has 0 aliphatic rings. The molecule has 0 atom stereocenters. The first kappa shape index (κ1) is 11.7. The van der Waals surface area contributed by atoms with E-state index in [1.165, 1.54) is 0 Å². The van der Waals surface area contributed by atoms with Gasteiger partial charge in [-0.05, 0) is 25.3 Å². The molecule has 0 aromatic carbocycles. The van der Waals surface area contributed by atoms with E-state index in [-0.39, 0.29) is 0 Å². The molecule has 0 saturated heterocycles. The van der Waals surface area contributed by atoms with Crippen molar-refractivity contribution in [1.82, 2.24) is 14.5 Å². The highest BCUT2D eigenvalue weighted by molar-refractivity contribution is 7.98. The molecule has 0 aliphatic heterocycles. The number of alkyl halides is 1. The first-order valence-electron chi connectivity index (χ1n) is 5.14. The van der Waals surface area contributed by atoms with E-state index in [1.807, 2.05) is 30.8 Å². The molecule has 0 aliphatic carbocycles. The fraction of sp³-hybridized carbons (Fsp3) is 0.455. The summed E-state index contributed by atoms with van der Waals surface area (Å²) in [4.78, 5) is 9.01. The van der Waals surface area contributed by atoms with Crippen molar-refractivity contribution >= 4 is 34.5 Å². The normalized spacial score (nSPS) is 11.2. The van der Waals surface area contributed by atoms with Crippen LogP contribution in [0.5, 0.6) is 0 Å². The largest absolute Gasteiger partial charge is 0.311 e. The summed E-state index contributed by atoms with van der Waals surface area (Å²) < 4.78 is 2.12. The van der Waals surface area contributed by atoms with Gasteiger partial charge in [0.05, 0.1) is 5.88 Å². The molecule has 16 heavy (non-hydrogen) atoms. The summed E-state index contributed by atoms with van der Waals surface area (Å²) in [5, 5.41) is 0. The van der Waals surface area contributed by atoms with Crippen LogP contribution < -0.4 is 0 Å². The van der Waals surface area contributed by atoms with Crippen LogP contribution in [-0.2, 0) is 12.4 Å². The van der Waals surface area contributed by atoms with Crippen molar-refractivity contribution in [3.05, 3.63) is 23.7 Å². The Balaban J connectivity index is 2.52. The third kappa shape index (κ3) is 2.18. The summed E-state index contributed by atoms with van der Waals surface area (Å²) in [5.74, 6) is 2.39. The number of aromatic nitrogens is 3. The molecule has 0 radical (unpaired) electrons. The molecule has 0 amide bonds. The average Bonchev–Trinajstić information content (AvgIpc) is 2.63. The highest BCUT2D eigenvalue weighted by Crippen LogP contribution is 2.16. The summed E-state index contributed by atoms with van der Waals surface area (Å²) >= 11 is 7.72. The number of pyridine rings is 1. The molecule has 0 N–H and O–H groups in total. The van der Waals surface area contributed by atoms with Crippen LogP contribution in [0.4, 0.5) is 0 Å². The smallest absolute Gasteiger partial charge is 0.160 e. The second-order valence-electron chi connectivity index (χ2n) is 3.60. The maximum atomic E-state index is 5.90. The molecule has 0 saturated carbocycles. The minimum atomic E-state index is 0.434. The van der Waals surface area contributed by atoms with E-state index in [4.69, 9.17) is 11.6 Å². The van der Waals surface area contributed by atoms with Gasteiger partial charge in [0.2, 0.25) is 0 Å². The fourth-order valence-electron chi connectivity index (χ4n) is 1.66. The SMILES string of the molecule is CSCCn1c(CCl)nc2ccc(C)nc21. The van der Waals surface area contributed by atoms with E-state index in [2.05, 4.69) is 20.8 Å². The van der Waals surface area contributed by atoms with Crippen LogP contribution in [-0.4, -0.2) is 26.5 Å². The van der Waals surface area contributed by atoms with Gasteiger partial charge in [-0.25, -0.2) is 9.97 Å². The lowest BCUT2D eigenvalue weighted by molar-refractivity contribution is 0.747. The molecular formula is C11H14ClN3S. The van der Waals surface area contributed by atoms with Crippen molar-refractivity contribution < 1.29 is 0 Å². The quantitative estimate of drug-likeness (QED) is 0.788. The molecule has 0 spiro atoms. The summed E-state index contributed by atoms with van der Waals surface area (Å²) in [6, 6.07) is 3.98. The van der Waals surface area contributed by atoms with Crippen LogP contribution >= 0.6 is 23.4 Å². The fourth-order valence-corrected chi connectivity index (χ4v) is 2.23. The standard InChI is InChI=1S/C11H14ClN3S/c1-8-3-4-9-11(13-8)15(5-6-16-2)10(7-12)14-9/h3-4H,5-7H2,1-2H3. The Morgan fingerprint density at radius 1 is 1.38 bits per heavy atom. The highest BCUT2D eigenvalue weighted by atomic mass is 35.5. The monoisotopic (exact) mass is 255 g/mol. The zero-order chi connectivity index (χ0) is 11.5. The molecule has 2 aromatic rings. The topological polar surface area (TPSA) is 30.7 Å². The van der Waals surface area contributed by atoms with Crippen LogP contribution in [0.15, 0.2) is 12.1 Å². The predicted octanol–water partition coefficient (Wildman–Crippen LogP) is 2.84. The molecule has 5 heteroatoms. The zero-order valence-electron chi connectivity index (χ0n) is 9.40. The lowest BCUT2D eigenvalue weighted by Gasteiger charge is -2.05. The van der Waals surface area contributed by atoms with E-state index in [0.717, 1.165) is 35.0 Å². The second-order valence-corrected chi connectivity index (χ2v) is 4.85. The van der Waals surface area contributed by atoms with Crippen LogP contribution in [0.25, 0.3) is 11.2 Å². The third-order valence-electron chi connectivity index (χ3n) is 2.45. The van der Waals surface area contributed by atoms with Crippen molar-refractivity contribution in [2.45, 2.75) is 19.3 Å². The number of rotatable bonds is 4. The minimum absolute atomic E-state index is 0.434. The number of aryl methyl sites for hydroxylation is 2. The predicted molar refractivity (Wildman–Crippen MR) is 70.2 cm³/mol. The van der Waals surface area contributed by atoms with Gasteiger partial charge < -0.3 is 4.57 Å². The zero-order valence-corrected chi connectivity index (χ0v) is 11.0. The van der Waals surface area contributed by atoms with Gasteiger partial charge in [0.15, 0.2) is 5.65 Å². The summed E-state index contributed by atoms with van der Waals surface area (Å²) in [5.41, 5.74) is 2.89. The van der Waals surface area contributed by atoms with Gasteiger partial charge in [-0.15, -0.1) is 11.6 Å². The number of fused-ring (bicyclic) bond motifs is 1. The maximum Gasteiger partial charge on any atom is 0.160 e. The Kier molecular flexibility index (Phi) is 3.71. The molecule has 0 bridgehead atoms. The number of hydrogen-bond acceptors (Lipinski definition) is 3. The maximum absolute atomic E-state index is 5.90. The average molecular weight is 256 g/mol. The van der Waals surface area contributed by atoms with Crippen LogP contribution in [0.2, 0.25) is 0 Å². The third-order valence-corrected chi connectivity index (χ3v) is 3.28. The van der Waals surface area contributed by atoms with Crippen molar-refractivity contribution in [2.24, 2.45) is 0 Å². The molecule has 3 nitrogen and oxygen atoms in total. The van der Waals surface area contributed by atoms with Gasteiger partial charge in [0, 0.05) is 18.0 Å². The Hall–Kier alpha value is -0.740. The Bertz CT molecular complexity index is 495. The Labute approximate surface area is 104 Å².